The maximum atomic E-state index is 12.8. The Hall–Kier alpha value is -2.38. The summed E-state index contributed by atoms with van der Waals surface area (Å²) in [5, 5.41) is 2.64. The average Bonchev–Trinajstić information content (AvgIpc) is 2.57. The number of amides is 2. The monoisotopic (exact) mass is 415 g/mol. The van der Waals surface area contributed by atoms with Crippen molar-refractivity contribution < 1.29 is 9.59 Å². The summed E-state index contributed by atoms with van der Waals surface area (Å²) in [4.78, 5) is 30.6. The van der Waals surface area contributed by atoms with Crippen LogP contribution in [0.1, 0.15) is 5.56 Å². The van der Waals surface area contributed by atoms with E-state index in [1.165, 1.54) is 11.1 Å². The molecule has 0 aliphatic carbocycles. The zero-order chi connectivity index (χ0) is 18.0. The summed E-state index contributed by atoms with van der Waals surface area (Å²) < 4.78 is 0.941. The van der Waals surface area contributed by atoms with Gasteiger partial charge in [-0.25, -0.2) is 0 Å². The van der Waals surface area contributed by atoms with Crippen molar-refractivity contribution in [3.05, 3.63) is 58.6 Å². The van der Waals surface area contributed by atoms with Crippen molar-refractivity contribution in [3.63, 3.8) is 0 Å². The second-order valence-corrected chi connectivity index (χ2v) is 6.79. The number of benzene rings is 2. The highest BCUT2D eigenvalue weighted by Gasteiger charge is 2.38. The molecule has 1 aliphatic heterocycles. The number of nitrogens with one attached hydrogen (secondary N) is 1. The molecular weight excluding hydrogens is 402 g/mol. The molecule has 1 fully saturated rings. The number of thiocarbonyl (C=S) groups is 1. The summed E-state index contributed by atoms with van der Waals surface area (Å²) in [5.41, 5.74) is 2.24. The molecule has 0 saturated carbocycles. The first-order valence-corrected chi connectivity index (χ1v) is 8.71. The van der Waals surface area contributed by atoms with Crippen LogP contribution in [0.25, 0.3) is 0 Å². The lowest BCUT2D eigenvalue weighted by molar-refractivity contribution is -0.130. The van der Waals surface area contributed by atoms with Crippen molar-refractivity contribution in [2.45, 2.75) is 6.92 Å². The summed E-state index contributed by atoms with van der Waals surface area (Å²) in [6.07, 6.45) is 1.37. The average molecular weight is 416 g/mol. The number of carbonyl (C=O) groups excluding carboxylic acids is 2. The molecule has 1 atom stereocenters. The molecule has 0 unspecified atom stereocenters. The van der Waals surface area contributed by atoms with E-state index in [0.717, 1.165) is 10.0 Å². The van der Waals surface area contributed by atoms with Crippen LogP contribution in [0.4, 0.5) is 11.4 Å². The molecular formula is C18H14BrN3O2S. The largest absolute Gasteiger partial charge is 0.301 e. The first kappa shape index (κ1) is 17.4. The summed E-state index contributed by atoms with van der Waals surface area (Å²) >= 11 is 8.54. The van der Waals surface area contributed by atoms with E-state index in [2.05, 4.69) is 26.2 Å². The van der Waals surface area contributed by atoms with Gasteiger partial charge in [-0.2, -0.15) is 0 Å². The number of aliphatic imine (C=N–C) groups is 1. The third-order valence-corrected chi connectivity index (χ3v) is 4.52. The molecule has 2 amide bonds. The van der Waals surface area contributed by atoms with E-state index in [1.807, 2.05) is 31.2 Å². The van der Waals surface area contributed by atoms with Crippen LogP contribution in [0.15, 0.2) is 58.0 Å². The number of nitrogens with zero attached hydrogens (tertiary/aromatic N) is 2. The van der Waals surface area contributed by atoms with E-state index in [-0.39, 0.29) is 5.11 Å². The number of aryl methyl sites for hydroxylation is 1. The molecule has 1 saturated heterocycles. The lowest BCUT2D eigenvalue weighted by atomic mass is 10.1. The molecule has 1 heterocycles. The van der Waals surface area contributed by atoms with Crippen molar-refractivity contribution in [1.82, 2.24) is 5.32 Å². The molecule has 2 aromatic rings. The quantitative estimate of drug-likeness (QED) is 0.473. The van der Waals surface area contributed by atoms with Crippen molar-refractivity contribution in [2.24, 2.45) is 10.9 Å². The maximum Gasteiger partial charge on any atom is 0.251 e. The second kappa shape index (κ2) is 7.25. The SMILES string of the molecule is Cc1cc(Br)ccc1N=C[C@@H]1C(=O)NC(=S)N(c2ccccc2)C1=O. The van der Waals surface area contributed by atoms with Gasteiger partial charge in [0.1, 0.15) is 0 Å². The van der Waals surface area contributed by atoms with Gasteiger partial charge in [-0.05, 0) is 55.0 Å². The van der Waals surface area contributed by atoms with E-state index in [9.17, 15) is 9.59 Å². The minimum Gasteiger partial charge on any atom is -0.301 e. The topological polar surface area (TPSA) is 61.8 Å². The van der Waals surface area contributed by atoms with Crippen molar-refractivity contribution in [2.75, 3.05) is 4.90 Å². The van der Waals surface area contributed by atoms with Gasteiger partial charge in [0.2, 0.25) is 5.91 Å². The Balaban J connectivity index is 1.90. The highest BCUT2D eigenvalue weighted by molar-refractivity contribution is 9.10. The molecule has 0 bridgehead atoms. The first-order valence-electron chi connectivity index (χ1n) is 7.51. The number of hydrogen-bond donors (Lipinski definition) is 1. The van der Waals surface area contributed by atoms with E-state index in [1.54, 1.807) is 24.3 Å². The minimum atomic E-state index is -1.03. The molecule has 5 nitrogen and oxygen atoms in total. The van der Waals surface area contributed by atoms with Gasteiger partial charge in [-0.3, -0.25) is 19.5 Å². The third-order valence-electron chi connectivity index (χ3n) is 3.74. The highest BCUT2D eigenvalue weighted by atomic mass is 79.9. The van der Waals surface area contributed by atoms with Gasteiger partial charge in [0.05, 0.1) is 11.4 Å². The summed E-state index contributed by atoms with van der Waals surface area (Å²) in [6, 6.07) is 14.6. The van der Waals surface area contributed by atoms with Crippen LogP contribution in [0.2, 0.25) is 0 Å². The fraction of sp³-hybridized carbons (Fsp3) is 0.111. The predicted octanol–water partition coefficient (Wildman–Crippen LogP) is 3.52. The number of anilines is 1. The molecule has 3 rings (SSSR count). The fourth-order valence-electron chi connectivity index (χ4n) is 2.46. The van der Waals surface area contributed by atoms with Gasteiger partial charge in [-0.15, -0.1) is 0 Å². The highest BCUT2D eigenvalue weighted by Crippen LogP contribution is 2.24. The molecule has 2 aromatic carbocycles. The molecule has 7 heteroatoms. The standard InChI is InChI=1S/C18H14BrN3O2S/c1-11-9-12(19)7-8-15(11)20-10-14-16(23)21-18(25)22(17(14)24)13-5-3-2-4-6-13/h2-10,14H,1H3,(H,21,23,25)/t14-/m1/s1. The number of carbonyl (C=O) groups is 2. The predicted molar refractivity (Wildman–Crippen MR) is 105 cm³/mol. The van der Waals surface area contributed by atoms with Crippen molar-refractivity contribution in [1.29, 1.82) is 0 Å². The van der Waals surface area contributed by atoms with Gasteiger partial charge in [0.15, 0.2) is 11.0 Å². The molecule has 0 aromatic heterocycles. The minimum absolute atomic E-state index is 0.0747. The van der Waals surface area contributed by atoms with E-state index in [4.69, 9.17) is 12.2 Å². The van der Waals surface area contributed by atoms with E-state index in [0.29, 0.717) is 11.4 Å². The number of para-hydroxylation sites is 1. The van der Waals surface area contributed by atoms with Crippen LogP contribution in [0.3, 0.4) is 0 Å². The van der Waals surface area contributed by atoms with Gasteiger partial charge >= 0.3 is 0 Å². The molecule has 0 spiro atoms. The molecule has 126 valence electrons. The smallest absolute Gasteiger partial charge is 0.251 e. The second-order valence-electron chi connectivity index (χ2n) is 5.49. The molecule has 0 radical (unpaired) electrons. The number of rotatable bonds is 3. The maximum absolute atomic E-state index is 12.8. The van der Waals surface area contributed by atoms with E-state index >= 15 is 0 Å². The fourth-order valence-corrected chi connectivity index (χ4v) is 3.23. The van der Waals surface area contributed by atoms with Crippen molar-refractivity contribution >= 4 is 62.7 Å². The van der Waals surface area contributed by atoms with Crippen LogP contribution < -0.4 is 10.2 Å². The van der Waals surface area contributed by atoms with Gasteiger partial charge in [-0.1, -0.05) is 34.1 Å². The molecule has 25 heavy (non-hydrogen) atoms. The normalized spacial score (nSPS) is 17.9. The summed E-state index contributed by atoms with van der Waals surface area (Å²) in [5.74, 6) is -1.92. The van der Waals surface area contributed by atoms with Crippen LogP contribution in [0.5, 0.6) is 0 Å². The zero-order valence-electron chi connectivity index (χ0n) is 13.3. The Morgan fingerprint density at radius 3 is 2.60 bits per heavy atom. The molecule has 1 N–H and O–H groups in total. The molecule has 1 aliphatic rings. The zero-order valence-corrected chi connectivity index (χ0v) is 15.7. The van der Waals surface area contributed by atoms with E-state index < -0.39 is 17.7 Å². The van der Waals surface area contributed by atoms with Crippen LogP contribution in [-0.2, 0) is 9.59 Å². The van der Waals surface area contributed by atoms with Gasteiger partial charge in [0.25, 0.3) is 5.91 Å². The van der Waals surface area contributed by atoms with Crippen LogP contribution >= 0.6 is 28.1 Å². The number of hydrogen-bond acceptors (Lipinski definition) is 4. The Kier molecular flexibility index (Phi) is 5.06. The van der Waals surface area contributed by atoms with Gasteiger partial charge < -0.3 is 5.32 Å². The Bertz CT molecular complexity index is 883. The Labute approximate surface area is 158 Å². The summed E-state index contributed by atoms with van der Waals surface area (Å²) in [6.45, 7) is 1.91. The summed E-state index contributed by atoms with van der Waals surface area (Å²) in [7, 11) is 0. The third kappa shape index (κ3) is 3.67. The lowest BCUT2D eigenvalue weighted by Gasteiger charge is -2.30. The van der Waals surface area contributed by atoms with Crippen molar-refractivity contribution in [3.8, 4) is 0 Å². The van der Waals surface area contributed by atoms with Gasteiger partial charge in [0, 0.05) is 10.7 Å². The Morgan fingerprint density at radius 2 is 1.92 bits per heavy atom. The Morgan fingerprint density at radius 1 is 1.20 bits per heavy atom. The van der Waals surface area contributed by atoms with Crippen LogP contribution in [0, 0.1) is 12.8 Å². The first-order chi connectivity index (χ1) is 12.0. The number of halogens is 1. The van der Waals surface area contributed by atoms with Crippen LogP contribution in [-0.4, -0.2) is 23.1 Å². The lowest BCUT2D eigenvalue weighted by Crippen LogP contribution is -2.58.